The van der Waals surface area contributed by atoms with Gasteiger partial charge in [0.15, 0.2) is 0 Å². The highest BCUT2D eigenvalue weighted by molar-refractivity contribution is 5.95. The Balaban J connectivity index is 1.27. The number of imidazole rings is 1. The highest BCUT2D eigenvalue weighted by Crippen LogP contribution is 2.18. The Labute approximate surface area is 173 Å². The average Bonchev–Trinajstić information content (AvgIpc) is 3.54. The molecule has 0 aliphatic carbocycles. The molecule has 0 radical (unpaired) electrons. The molecule has 0 atom stereocenters. The number of anilines is 1. The summed E-state index contributed by atoms with van der Waals surface area (Å²) in [5.41, 5.74) is 1.54. The van der Waals surface area contributed by atoms with Crippen molar-refractivity contribution in [2.24, 2.45) is 0 Å². The third-order valence-corrected chi connectivity index (χ3v) is 5.16. The molecule has 3 aromatic heterocycles. The van der Waals surface area contributed by atoms with Gasteiger partial charge < -0.3 is 9.80 Å². The van der Waals surface area contributed by atoms with E-state index in [1.54, 1.807) is 29.7 Å². The lowest BCUT2D eigenvalue weighted by atomic mass is 10.1. The van der Waals surface area contributed by atoms with E-state index in [0.717, 1.165) is 17.3 Å². The van der Waals surface area contributed by atoms with E-state index >= 15 is 0 Å². The number of hydrogen-bond acceptors (Lipinski definition) is 6. The molecule has 4 heterocycles. The van der Waals surface area contributed by atoms with Crippen molar-refractivity contribution in [1.29, 1.82) is 0 Å². The van der Waals surface area contributed by atoms with Gasteiger partial charge in [0.25, 0.3) is 5.91 Å². The molecule has 1 aliphatic rings. The lowest BCUT2D eigenvalue weighted by Gasteiger charge is -2.35. The van der Waals surface area contributed by atoms with Crippen molar-refractivity contribution in [1.82, 2.24) is 34.2 Å². The fourth-order valence-electron chi connectivity index (χ4n) is 3.57. The molecule has 1 aliphatic heterocycles. The lowest BCUT2D eigenvalue weighted by molar-refractivity contribution is 0.0746. The van der Waals surface area contributed by atoms with E-state index in [1.807, 2.05) is 58.3 Å². The third kappa shape index (κ3) is 3.52. The van der Waals surface area contributed by atoms with Gasteiger partial charge in [-0.05, 0) is 24.3 Å². The van der Waals surface area contributed by atoms with Gasteiger partial charge in [-0.3, -0.25) is 9.36 Å². The molecule has 1 amide bonds. The van der Waals surface area contributed by atoms with Crippen molar-refractivity contribution >= 4 is 11.7 Å². The Kier molecular flexibility index (Phi) is 4.68. The standard InChI is InChI=1S/C21H20N8O/c30-21(17-3-1-4-18(13-17)29-7-2-5-25-29)27-11-9-26(10-12-27)19-14-20(24-15-23-19)28-8-6-22-16-28/h1-8,13-16H,9-12H2. The van der Waals surface area contributed by atoms with Crippen LogP contribution in [0.25, 0.3) is 11.5 Å². The van der Waals surface area contributed by atoms with Gasteiger partial charge in [0.1, 0.15) is 24.3 Å². The zero-order valence-electron chi connectivity index (χ0n) is 16.2. The fraction of sp³-hybridized carbons (Fsp3) is 0.190. The minimum absolute atomic E-state index is 0.0328. The van der Waals surface area contributed by atoms with Gasteiger partial charge >= 0.3 is 0 Å². The molecule has 150 valence electrons. The number of hydrogen-bond donors (Lipinski definition) is 0. The van der Waals surface area contributed by atoms with Gasteiger partial charge in [-0.15, -0.1) is 0 Å². The summed E-state index contributed by atoms with van der Waals surface area (Å²) in [6, 6.07) is 11.4. The second-order valence-corrected chi connectivity index (χ2v) is 6.98. The maximum Gasteiger partial charge on any atom is 0.254 e. The molecular weight excluding hydrogens is 380 g/mol. The molecule has 9 heteroatoms. The first-order valence-corrected chi connectivity index (χ1v) is 9.72. The Morgan fingerprint density at radius 2 is 1.77 bits per heavy atom. The molecule has 0 bridgehead atoms. The van der Waals surface area contributed by atoms with Gasteiger partial charge in [-0.2, -0.15) is 5.10 Å². The van der Waals surface area contributed by atoms with E-state index in [0.29, 0.717) is 31.7 Å². The Bertz CT molecular complexity index is 1130. The summed E-state index contributed by atoms with van der Waals surface area (Å²) in [4.78, 5) is 29.8. The van der Waals surface area contributed by atoms with Crippen LogP contribution in [0.1, 0.15) is 10.4 Å². The molecular formula is C21H20N8O. The summed E-state index contributed by atoms with van der Waals surface area (Å²) in [5, 5.41) is 4.24. The van der Waals surface area contributed by atoms with Crippen LogP contribution in [-0.2, 0) is 0 Å². The van der Waals surface area contributed by atoms with Gasteiger partial charge in [0.2, 0.25) is 0 Å². The van der Waals surface area contributed by atoms with Crippen molar-refractivity contribution in [3.63, 3.8) is 0 Å². The first-order valence-electron chi connectivity index (χ1n) is 9.72. The largest absolute Gasteiger partial charge is 0.353 e. The van der Waals surface area contributed by atoms with Crippen LogP contribution < -0.4 is 4.90 Å². The summed E-state index contributed by atoms with van der Waals surface area (Å²) in [7, 11) is 0. The van der Waals surface area contributed by atoms with E-state index < -0.39 is 0 Å². The minimum atomic E-state index is 0.0328. The zero-order valence-corrected chi connectivity index (χ0v) is 16.2. The molecule has 9 nitrogen and oxygen atoms in total. The normalized spacial score (nSPS) is 14.1. The molecule has 0 spiro atoms. The van der Waals surface area contributed by atoms with Crippen LogP contribution in [-0.4, -0.2) is 66.3 Å². The van der Waals surface area contributed by atoms with Crippen molar-refractivity contribution in [2.75, 3.05) is 31.1 Å². The Morgan fingerprint density at radius 1 is 0.900 bits per heavy atom. The molecule has 1 aromatic carbocycles. The maximum atomic E-state index is 13.0. The van der Waals surface area contributed by atoms with E-state index in [4.69, 9.17) is 0 Å². The van der Waals surface area contributed by atoms with Crippen molar-refractivity contribution < 1.29 is 4.79 Å². The molecule has 5 rings (SSSR count). The van der Waals surface area contributed by atoms with Crippen LogP contribution in [0.3, 0.4) is 0 Å². The number of benzene rings is 1. The molecule has 1 saturated heterocycles. The first-order chi connectivity index (χ1) is 14.8. The molecule has 0 N–H and O–H groups in total. The fourth-order valence-corrected chi connectivity index (χ4v) is 3.57. The van der Waals surface area contributed by atoms with Crippen molar-refractivity contribution in [3.05, 3.63) is 79.4 Å². The highest BCUT2D eigenvalue weighted by atomic mass is 16.2. The van der Waals surface area contributed by atoms with E-state index in [1.165, 1.54) is 0 Å². The quantitative estimate of drug-likeness (QED) is 0.519. The number of amides is 1. The van der Waals surface area contributed by atoms with Crippen LogP contribution in [0.5, 0.6) is 0 Å². The minimum Gasteiger partial charge on any atom is -0.353 e. The van der Waals surface area contributed by atoms with Crippen LogP contribution in [0.15, 0.2) is 73.8 Å². The van der Waals surface area contributed by atoms with Gasteiger partial charge in [-0.25, -0.2) is 19.6 Å². The third-order valence-electron chi connectivity index (χ3n) is 5.16. The zero-order chi connectivity index (χ0) is 20.3. The van der Waals surface area contributed by atoms with E-state index in [9.17, 15) is 4.79 Å². The summed E-state index contributed by atoms with van der Waals surface area (Å²) in [6.45, 7) is 2.69. The molecule has 1 fully saturated rings. The van der Waals surface area contributed by atoms with Crippen LogP contribution in [0.4, 0.5) is 5.82 Å². The number of carbonyl (C=O) groups excluding carboxylic acids is 1. The monoisotopic (exact) mass is 400 g/mol. The Morgan fingerprint density at radius 3 is 2.53 bits per heavy atom. The summed E-state index contributed by atoms with van der Waals surface area (Å²) < 4.78 is 3.60. The van der Waals surface area contributed by atoms with Crippen LogP contribution >= 0.6 is 0 Å². The predicted octanol–water partition coefficient (Wildman–Crippen LogP) is 1.81. The Hall–Kier alpha value is -4.01. The lowest BCUT2D eigenvalue weighted by Crippen LogP contribution is -2.49. The number of nitrogens with zero attached hydrogens (tertiary/aromatic N) is 8. The smallest absolute Gasteiger partial charge is 0.254 e. The topological polar surface area (TPSA) is 85.0 Å². The van der Waals surface area contributed by atoms with Gasteiger partial charge in [0, 0.05) is 62.6 Å². The predicted molar refractivity (Wildman–Crippen MR) is 111 cm³/mol. The number of aromatic nitrogens is 6. The van der Waals surface area contributed by atoms with E-state index in [2.05, 4.69) is 25.0 Å². The summed E-state index contributed by atoms with van der Waals surface area (Å²) >= 11 is 0. The SMILES string of the molecule is O=C(c1cccc(-n2cccn2)c1)N1CCN(c2cc(-n3ccnc3)ncn2)CC1. The first kappa shape index (κ1) is 18.0. The van der Waals surface area contributed by atoms with E-state index in [-0.39, 0.29) is 5.91 Å². The van der Waals surface area contributed by atoms with Gasteiger partial charge in [0.05, 0.1) is 5.69 Å². The second kappa shape index (κ2) is 7.78. The summed E-state index contributed by atoms with van der Waals surface area (Å²) in [6.07, 6.45) is 10.4. The number of piperazine rings is 1. The van der Waals surface area contributed by atoms with Crippen molar-refractivity contribution in [2.45, 2.75) is 0 Å². The second-order valence-electron chi connectivity index (χ2n) is 6.98. The average molecular weight is 400 g/mol. The van der Waals surface area contributed by atoms with Gasteiger partial charge in [-0.1, -0.05) is 6.07 Å². The van der Waals surface area contributed by atoms with Crippen molar-refractivity contribution in [3.8, 4) is 11.5 Å². The molecule has 30 heavy (non-hydrogen) atoms. The molecule has 4 aromatic rings. The van der Waals surface area contributed by atoms with Crippen LogP contribution in [0.2, 0.25) is 0 Å². The molecule has 0 saturated carbocycles. The highest BCUT2D eigenvalue weighted by Gasteiger charge is 2.23. The summed E-state index contributed by atoms with van der Waals surface area (Å²) in [5.74, 6) is 1.65. The molecule has 0 unspecified atom stereocenters. The van der Waals surface area contributed by atoms with Crippen LogP contribution in [0, 0.1) is 0 Å². The number of rotatable bonds is 4. The maximum absolute atomic E-state index is 13.0. The number of carbonyl (C=O) groups is 1.